The highest BCUT2D eigenvalue weighted by atomic mass is 35.5. The van der Waals surface area contributed by atoms with E-state index in [1.54, 1.807) is 10.9 Å². The van der Waals surface area contributed by atoms with Crippen molar-refractivity contribution in [1.29, 1.82) is 0 Å². The van der Waals surface area contributed by atoms with Crippen molar-refractivity contribution in [2.45, 2.75) is 13.3 Å². The smallest absolute Gasteiger partial charge is 0.257 e. The lowest BCUT2D eigenvalue weighted by Gasteiger charge is -2.16. The number of likely N-dealkylation sites (tertiary alicyclic amines) is 1. The molecule has 1 aromatic heterocycles. The zero-order valence-corrected chi connectivity index (χ0v) is 13.3. The largest absolute Gasteiger partial charge is 0.338 e. The van der Waals surface area contributed by atoms with Gasteiger partial charge in [-0.05, 0) is 44.0 Å². The van der Waals surface area contributed by atoms with E-state index >= 15 is 0 Å². The van der Waals surface area contributed by atoms with Gasteiger partial charge in [0.2, 0.25) is 0 Å². The third-order valence-corrected chi connectivity index (χ3v) is 4.43. The fraction of sp³-hybridized carbons (Fsp3) is 0.375. The molecular weight excluding hydrogens is 300 g/mol. The second kappa shape index (κ2) is 6.10. The van der Waals surface area contributed by atoms with Gasteiger partial charge in [-0.15, -0.1) is 0 Å². The molecule has 22 heavy (non-hydrogen) atoms. The number of amides is 1. The molecule has 2 N–H and O–H groups in total. The minimum Gasteiger partial charge on any atom is -0.338 e. The molecule has 1 atom stereocenters. The van der Waals surface area contributed by atoms with Crippen molar-refractivity contribution < 1.29 is 4.79 Å². The van der Waals surface area contributed by atoms with Crippen molar-refractivity contribution in [3.63, 3.8) is 0 Å². The SMILES string of the molecule is Cc1c(C(=O)N2CCC(CN)C2)cnn1-c1cccc(Cl)c1. The second-order valence-electron chi connectivity index (χ2n) is 5.68. The lowest BCUT2D eigenvalue weighted by Crippen LogP contribution is -2.30. The van der Waals surface area contributed by atoms with Gasteiger partial charge in [0.1, 0.15) is 0 Å². The van der Waals surface area contributed by atoms with Crippen molar-refractivity contribution in [2.75, 3.05) is 19.6 Å². The van der Waals surface area contributed by atoms with E-state index in [0.717, 1.165) is 30.9 Å². The van der Waals surface area contributed by atoms with Crippen LogP contribution in [0.3, 0.4) is 0 Å². The predicted octanol–water partition coefficient (Wildman–Crippen LogP) is 2.25. The molecule has 5 nitrogen and oxygen atoms in total. The number of aromatic nitrogens is 2. The highest BCUT2D eigenvalue weighted by Gasteiger charge is 2.28. The summed E-state index contributed by atoms with van der Waals surface area (Å²) < 4.78 is 1.75. The highest BCUT2D eigenvalue weighted by molar-refractivity contribution is 6.30. The Bertz CT molecular complexity index is 697. The van der Waals surface area contributed by atoms with Gasteiger partial charge >= 0.3 is 0 Å². The first-order chi connectivity index (χ1) is 10.6. The van der Waals surface area contributed by atoms with E-state index in [0.29, 0.717) is 23.0 Å². The predicted molar refractivity (Wildman–Crippen MR) is 86.4 cm³/mol. The molecule has 1 unspecified atom stereocenters. The molecule has 1 saturated heterocycles. The summed E-state index contributed by atoms with van der Waals surface area (Å²) in [5.41, 5.74) is 8.00. The molecule has 6 heteroatoms. The summed E-state index contributed by atoms with van der Waals surface area (Å²) >= 11 is 6.02. The number of hydrogen-bond acceptors (Lipinski definition) is 3. The van der Waals surface area contributed by atoms with Gasteiger partial charge in [0.25, 0.3) is 5.91 Å². The molecule has 0 saturated carbocycles. The topological polar surface area (TPSA) is 64.2 Å². The molecule has 3 rings (SSSR count). The van der Waals surface area contributed by atoms with E-state index < -0.39 is 0 Å². The molecule has 1 aliphatic heterocycles. The summed E-state index contributed by atoms with van der Waals surface area (Å²) in [4.78, 5) is 14.5. The third-order valence-electron chi connectivity index (χ3n) is 4.20. The zero-order valence-electron chi connectivity index (χ0n) is 12.5. The van der Waals surface area contributed by atoms with E-state index in [4.69, 9.17) is 17.3 Å². The van der Waals surface area contributed by atoms with Crippen LogP contribution in [0, 0.1) is 12.8 Å². The highest BCUT2D eigenvalue weighted by Crippen LogP contribution is 2.22. The normalized spacial score (nSPS) is 18.0. The first-order valence-corrected chi connectivity index (χ1v) is 7.78. The van der Waals surface area contributed by atoms with E-state index in [9.17, 15) is 4.79 Å². The molecule has 2 aromatic rings. The standard InChI is InChI=1S/C16H19ClN4O/c1-11-15(16(22)20-6-5-12(8-18)10-20)9-19-21(11)14-4-2-3-13(17)7-14/h2-4,7,9,12H,5-6,8,10,18H2,1H3. The number of halogens is 1. The van der Waals surface area contributed by atoms with Crippen LogP contribution in [0.1, 0.15) is 22.5 Å². The quantitative estimate of drug-likeness (QED) is 0.944. The van der Waals surface area contributed by atoms with Gasteiger partial charge in [0.05, 0.1) is 23.1 Å². The van der Waals surface area contributed by atoms with Gasteiger partial charge in [0, 0.05) is 18.1 Å². The molecule has 1 aliphatic rings. The van der Waals surface area contributed by atoms with Crippen LogP contribution >= 0.6 is 11.6 Å². The van der Waals surface area contributed by atoms with Crippen LogP contribution in [-0.2, 0) is 0 Å². The first-order valence-electron chi connectivity index (χ1n) is 7.40. The number of nitrogens with zero attached hydrogens (tertiary/aromatic N) is 3. The minimum absolute atomic E-state index is 0.0294. The number of rotatable bonds is 3. The van der Waals surface area contributed by atoms with Gasteiger partial charge in [-0.1, -0.05) is 17.7 Å². The fourth-order valence-corrected chi connectivity index (χ4v) is 3.05. The van der Waals surface area contributed by atoms with Crippen LogP contribution in [0.15, 0.2) is 30.5 Å². The van der Waals surface area contributed by atoms with E-state index in [-0.39, 0.29) is 5.91 Å². The Morgan fingerprint density at radius 1 is 1.50 bits per heavy atom. The summed E-state index contributed by atoms with van der Waals surface area (Å²) in [7, 11) is 0. The van der Waals surface area contributed by atoms with Crippen molar-refractivity contribution >= 4 is 17.5 Å². The summed E-state index contributed by atoms with van der Waals surface area (Å²) in [6.45, 7) is 4.03. The van der Waals surface area contributed by atoms with Crippen LogP contribution < -0.4 is 5.73 Å². The van der Waals surface area contributed by atoms with Crippen LogP contribution in [0.4, 0.5) is 0 Å². The molecule has 116 valence electrons. The van der Waals surface area contributed by atoms with Crippen LogP contribution in [0.25, 0.3) is 5.69 Å². The van der Waals surface area contributed by atoms with Crippen molar-refractivity contribution in [1.82, 2.24) is 14.7 Å². The average molecular weight is 319 g/mol. The summed E-state index contributed by atoms with van der Waals surface area (Å²) in [6, 6.07) is 7.43. The molecule has 0 bridgehead atoms. The molecule has 0 spiro atoms. The Kier molecular flexibility index (Phi) is 4.18. The maximum atomic E-state index is 12.6. The Balaban J connectivity index is 1.86. The molecule has 1 aromatic carbocycles. The Morgan fingerprint density at radius 2 is 2.32 bits per heavy atom. The lowest BCUT2D eigenvalue weighted by atomic mass is 10.1. The second-order valence-corrected chi connectivity index (χ2v) is 6.11. The van der Waals surface area contributed by atoms with Gasteiger partial charge in [-0.25, -0.2) is 4.68 Å². The average Bonchev–Trinajstić information content (AvgIpc) is 3.13. The minimum atomic E-state index is 0.0294. The first kappa shape index (κ1) is 15.1. The van der Waals surface area contributed by atoms with Crippen molar-refractivity contribution in [3.05, 3.63) is 46.7 Å². The Hall–Kier alpha value is -1.85. The summed E-state index contributed by atoms with van der Waals surface area (Å²) in [5, 5.41) is 4.99. The van der Waals surface area contributed by atoms with E-state index in [1.165, 1.54) is 0 Å². The van der Waals surface area contributed by atoms with Crippen molar-refractivity contribution in [2.24, 2.45) is 11.7 Å². The van der Waals surface area contributed by atoms with Gasteiger partial charge in [-0.2, -0.15) is 5.10 Å². The number of hydrogen-bond donors (Lipinski definition) is 1. The number of carbonyl (C=O) groups excluding carboxylic acids is 1. The number of carbonyl (C=O) groups is 1. The van der Waals surface area contributed by atoms with Crippen molar-refractivity contribution in [3.8, 4) is 5.69 Å². The zero-order chi connectivity index (χ0) is 15.7. The van der Waals surface area contributed by atoms with Crippen LogP contribution in [0.5, 0.6) is 0 Å². The molecule has 0 radical (unpaired) electrons. The Labute approximate surface area is 134 Å². The van der Waals surface area contributed by atoms with Crippen LogP contribution in [0.2, 0.25) is 5.02 Å². The number of nitrogens with two attached hydrogens (primary N) is 1. The lowest BCUT2D eigenvalue weighted by molar-refractivity contribution is 0.0787. The maximum absolute atomic E-state index is 12.6. The third kappa shape index (κ3) is 2.74. The van der Waals surface area contributed by atoms with E-state index in [2.05, 4.69) is 5.10 Å². The maximum Gasteiger partial charge on any atom is 0.257 e. The molecule has 1 fully saturated rings. The monoisotopic (exact) mass is 318 g/mol. The molecule has 1 amide bonds. The Morgan fingerprint density at radius 3 is 3.00 bits per heavy atom. The number of benzene rings is 1. The summed E-state index contributed by atoms with van der Waals surface area (Å²) in [5.74, 6) is 0.439. The van der Waals surface area contributed by atoms with Gasteiger partial charge in [0.15, 0.2) is 0 Å². The summed E-state index contributed by atoms with van der Waals surface area (Å²) in [6.07, 6.45) is 2.61. The molecule has 2 heterocycles. The van der Waals surface area contributed by atoms with Gasteiger partial charge in [-0.3, -0.25) is 4.79 Å². The fourth-order valence-electron chi connectivity index (χ4n) is 2.87. The van der Waals surface area contributed by atoms with E-state index in [1.807, 2.05) is 36.1 Å². The van der Waals surface area contributed by atoms with Gasteiger partial charge < -0.3 is 10.6 Å². The van der Waals surface area contributed by atoms with Crippen LogP contribution in [-0.4, -0.2) is 40.2 Å². The molecular formula is C16H19ClN4O. The molecule has 0 aliphatic carbocycles.